The number of nitrogens with zero attached hydrogens (tertiary/aromatic N) is 1. The van der Waals surface area contributed by atoms with Crippen molar-refractivity contribution in [3.05, 3.63) is 90.5 Å². The van der Waals surface area contributed by atoms with Gasteiger partial charge in [-0.05, 0) is 54.2 Å². The Morgan fingerprint density at radius 2 is 1.50 bits per heavy atom. The van der Waals surface area contributed by atoms with E-state index in [4.69, 9.17) is 17.0 Å². The van der Waals surface area contributed by atoms with Crippen molar-refractivity contribution in [1.29, 1.82) is 0 Å². The normalized spacial score (nSPS) is 10.0. The molecular formula is C21H21N3OS. The molecule has 5 heteroatoms. The molecule has 0 aliphatic rings. The van der Waals surface area contributed by atoms with Crippen molar-refractivity contribution < 1.29 is 4.74 Å². The summed E-state index contributed by atoms with van der Waals surface area (Å²) in [5.41, 5.74) is 6.41. The number of methoxy groups -OCH3 is 1. The Labute approximate surface area is 159 Å². The van der Waals surface area contributed by atoms with Crippen LogP contribution in [-0.2, 0) is 6.54 Å². The second kappa shape index (κ2) is 8.87. The van der Waals surface area contributed by atoms with E-state index in [1.165, 1.54) is 5.56 Å². The highest BCUT2D eigenvalue weighted by atomic mass is 32.1. The molecule has 132 valence electrons. The van der Waals surface area contributed by atoms with Crippen LogP contribution < -0.4 is 20.5 Å². The van der Waals surface area contributed by atoms with Crippen LogP contribution >= 0.6 is 12.2 Å². The minimum Gasteiger partial charge on any atom is -0.497 e. The highest BCUT2D eigenvalue weighted by Crippen LogP contribution is 2.17. The van der Waals surface area contributed by atoms with Gasteiger partial charge in [0.1, 0.15) is 5.75 Å². The van der Waals surface area contributed by atoms with E-state index in [2.05, 4.69) is 22.9 Å². The summed E-state index contributed by atoms with van der Waals surface area (Å²) in [6, 6.07) is 28.0. The molecule has 0 saturated heterocycles. The van der Waals surface area contributed by atoms with Crippen LogP contribution in [0.1, 0.15) is 5.56 Å². The monoisotopic (exact) mass is 363 g/mol. The molecule has 3 aromatic carbocycles. The van der Waals surface area contributed by atoms with Crippen LogP contribution in [0.25, 0.3) is 0 Å². The Hall–Kier alpha value is -3.05. The average Bonchev–Trinajstić information content (AvgIpc) is 2.69. The van der Waals surface area contributed by atoms with Gasteiger partial charge in [-0.2, -0.15) is 0 Å². The molecule has 0 unspecified atom stereocenters. The molecule has 0 amide bonds. The average molecular weight is 363 g/mol. The van der Waals surface area contributed by atoms with Crippen LogP contribution in [-0.4, -0.2) is 12.2 Å². The molecule has 0 aliphatic carbocycles. The van der Waals surface area contributed by atoms with Gasteiger partial charge >= 0.3 is 0 Å². The van der Waals surface area contributed by atoms with Gasteiger partial charge in [-0.1, -0.05) is 48.5 Å². The van der Waals surface area contributed by atoms with Crippen LogP contribution in [0.3, 0.4) is 0 Å². The van der Waals surface area contributed by atoms with Gasteiger partial charge in [-0.3, -0.25) is 10.4 Å². The maximum Gasteiger partial charge on any atom is 0.189 e. The van der Waals surface area contributed by atoms with Crippen molar-refractivity contribution in [2.24, 2.45) is 0 Å². The molecule has 26 heavy (non-hydrogen) atoms. The SMILES string of the molecule is COc1ccc(NC(=S)NN(Cc2ccccc2)c2ccccc2)cc1. The van der Waals surface area contributed by atoms with Crippen molar-refractivity contribution in [3.8, 4) is 5.75 Å². The lowest BCUT2D eigenvalue weighted by molar-refractivity contribution is 0.415. The van der Waals surface area contributed by atoms with E-state index in [9.17, 15) is 0 Å². The number of para-hydroxylation sites is 1. The fraction of sp³-hybridized carbons (Fsp3) is 0.0952. The lowest BCUT2D eigenvalue weighted by Crippen LogP contribution is -2.44. The lowest BCUT2D eigenvalue weighted by atomic mass is 10.2. The predicted molar refractivity (Wildman–Crippen MR) is 111 cm³/mol. The fourth-order valence-corrected chi connectivity index (χ4v) is 2.75. The quantitative estimate of drug-likeness (QED) is 0.494. The number of nitrogens with one attached hydrogen (secondary N) is 2. The molecule has 0 aliphatic heterocycles. The Balaban J connectivity index is 1.71. The van der Waals surface area contributed by atoms with Gasteiger partial charge in [-0.25, -0.2) is 0 Å². The Kier molecular flexibility index (Phi) is 6.06. The van der Waals surface area contributed by atoms with E-state index in [0.717, 1.165) is 17.1 Å². The summed E-state index contributed by atoms with van der Waals surface area (Å²) in [4.78, 5) is 0. The summed E-state index contributed by atoms with van der Waals surface area (Å²) in [6.07, 6.45) is 0. The highest BCUT2D eigenvalue weighted by molar-refractivity contribution is 7.80. The van der Waals surface area contributed by atoms with Crippen molar-refractivity contribution in [2.75, 3.05) is 17.4 Å². The van der Waals surface area contributed by atoms with Gasteiger partial charge in [0, 0.05) is 5.69 Å². The number of thiocarbonyl (C=S) groups is 1. The minimum absolute atomic E-state index is 0.523. The molecule has 2 N–H and O–H groups in total. The van der Waals surface area contributed by atoms with Crippen molar-refractivity contribution >= 4 is 28.7 Å². The molecule has 0 atom stereocenters. The van der Waals surface area contributed by atoms with Gasteiger partial charge in [0.2, 0.25) is 0 Å². The zero-order chi connectivity index (χ0) is 18.2. The van der Waals surface area contributed by atoms with E-state index in [1.807, 2.05) is 77.8 Å². The first-order valence-corrected chi connectivity index (χ1v) is 8.73. The van der Waals surface area contributed by atoms with Gasteiger partial charge in [0.05, 0.1) is 19.3 Å². The predicted octanol–water partition coefficient (Wildman–Crippen LogP) is 4.60. The molecule has 0 saturated carbocycles. The number of anilines is 2. The molecule has 0 heterocycles. The maximum atomic E-state index is 5.49. The van der Waals surface area contributed by atoms with Crippen LogP contribution in [0.2, 0.25) is 0 Å². The zero-order valence-electron chi connectivity index (χ0n) is 14.6. The van der Waals surface area contributed by atoms with Crippen LogP contribution in [0.15, 0.2) is 84.9 Å². The summed E-state index contributed by atoms with van der Waals surface area (Å²) in [5, 5.41) is 5.75. The third-order valence-electron chi connectivity index (χ3n) is 3.84. The number of benzene rings is 3. The Morgan fingerprint density at radius 3 is 2.12 bits per heavy atom. The molecule has 0 radical (unpaired) electrons. The third kappa shape index (κ3) is 4.97. The molecule has 3 rings (SSSR count). The molecule has 3 aromatic rings. The fourth-order valence-electron chi connectivity index (χ4n) is 2.53. The second-order valence-corrected chi connectivity index (χ2v) is 6.11. The van der Waals surface area contributed by atoms with E-state index >= 15 is 0 Å². The standard InChI is InChI=1S/C21H21N3OS/c1-25-20-14-12-18(13-15-20)22-21(26)23-24(19-10-6-3-7-11-19)16-17-8-4-2-5-9-17/h2-15H,16H2,1H3,(H2,22,23,26). The van der Waals surface area contributed by atoms with Crippen LogP contribution in [0.4, 0.5) is 11.4 Å². The zero-order valence-corrected chi connectivity index (χ0v) is 15.4. The topological polar surface area (TPSA) is 36.5 Å². The summed E-state index contributed by atoms with van der Waals surface area (Å²) >= 11 is 5.49. The first-order valence-electron chi connectivity index (χ1n) is 8.33. The largest absolute Gasteiger partial charge is 0.497 e. The first-order chi connectivity index (χ1) is 12.7. The van der Waals surface area contributed by atoms with Gasteiger partial charge in [0.15, 0.2) is 5.11 Å². The molecule has 0 spiro atoms. The van der Waals surface area contributed by atoms with Gasteiger partial charge in [0.25, 0.3) is 0 Å². The summed E-state index contributed by atoms with van der Waals surface area (Å²) in [6.45, 7) is 0.690. The first kappa shape index (κ1) is 17.8. The third-order valence-corrected chi connectivity index (χ3v) is 4.03. The molecule has 4 nitrogen and oxygen atoms in total. The number of ether oxygens (including phenoxy) is 1. The van der Waals surface area contributed by atoms with Crippen molar-refractivity contribution in [1.82, 2.24) is 5.43 Å². The molecular weight excluding hydrogens is 342 g/mol. The minimum atomic E-state index is 0.523. The second-order valence-electron chi connectivity index (χ2n) is 5.70. The lowest BCUT2D eigenvalue weighted by Gasteiger charge is -2.27. The highest BCUT2D eigenvalue weighted by Gasteiger charge is 2.09. The maximum absolute atomic E-state index is 5.49. The van der Waals surface area contributed by atoms with Gasteiger partial charge in [-0.15, -0.1) is 0 Å². The Bertz CT molecular complexity index is 823. The summed E-state index contributed by atoms with van der Waals surface area (Å²) in [7, 11) is 1.65. The molecule has 0 fully saturated rings. The van der Waals surface area contributed by atoms with Crippen molar-refractivity contribution in [2.45, 2.75) is 6.54 Å². The van der Waals surface area contributed by atoms with Gasteiger partial charge < -0.3 is 10.1 Å². The Morgan fingerprint density at radius 1 is 0.885 bits per heavy atom. The van der Waals surface area contributed by atoms with Crippen LogP contribution in [0.5, 0.6) is 5.75 Å². The number of hydrogen-bond donors (Lipinski definition) is 2. The van der Waals surface area contributed by atoms with E-state index in [1.54, 1.807) is 7.11 Å². The number of rotatable bonds is 6. The molecule has 0 bridgehead atoms. The van der Waals surface area contributed by atoms with E-state index in [0.29, 0.717) is 11.7 Å². The smallest absolute Gasteiger partial charge is 0.189 e. The number of hydrazine groups is 1. The van der Waals surface area contributed by atoms with Crippen LogP contribution in [0, 0.1) is 0 Å². The molecule has 0 aromatic heterocycles. The van der Waals surface area contributed by atoms with Crippen molar-refractivity contribution in [3.63, 3.8) is 0 Å². The summed E-state index contributed by atoms with van der Waals surface area (Å²) < 4.78 is 5.18. The number of hydrogen-bond acceptors (Lipinski definition) is 3. The van der Waals surface area contributed by atoms with E-state index in [-0.39, 0.29) is 0 Å². The summed E-state index contributed by atoms with van der Waals surface area (Å²) in [5.74, 6) is 0.810. The van der Waals surface area contributed by atoms with E-state index < -0.39 is 0 Å².